The summed E-state index contributed by atoms with van der Waals surface area (Å²) in [6, 6.07) is 2.36. The van der Waals surface area contributed by atoms with Gasteiger partial charge in [-0.15, -0.1) is 11.3 Å². The molecule has 2 aliphatic rings. The Morgan fingerprint density at radius 2 is 2.00 bits per heavy atom. The van der Waals surface area contributed by atoms with Gasteiger partial charge in [0.05, 0.1) is 5.56 Å². The Bertz CT molecular complexity index is 705. The van der Waals surface area contributed by atoms with E-state index in [2.05, 4.69) is 32.2 Å². The van der Waals surface area contributed by atoms with Crippen LogP contribution in [0.25, 0.3) is 0 Å². The number of nitrogens with one attached hydrogen (secondary N) is 1. The number of thioether (sulfide) groups is 1. The number of thiophene rings is 1. The van der Waals surface area contributed by atoms with Crippen molar-refractivity contribution >= 4 is 34.0 Å². The number of hydrogen-bond acceptors (Lipinski definition) is 4. The van der Waals surface area contributed by atoms with E-state index in [1.807, 2.05) is 11.8 Å². The Labute approximate surface area is 172 Å². The first-order valence-electron chi connectivity index (χ1n) is 10.3. The molecule has 1 N–H and O–H groups in total. The summed E-state index contributed by atoms with van der Waals surface area (Å²) in [4.78, 5) is 13.7. The molecule has 5 heteroatoms. The van der Waals surface area contributed by atoms with Crippen molar-refractivity contribution in [2.24, 2.45) is 11.3 Å². The van der Waals surface area contributed by atoms with E-state index in [4.69, 9.17) is 0 Å². The molecule has 1 atom stereocenters. The fourth-order valence-electron chi connectivity index (χ4n) is 4.27. The lowest BCUT2D eigenvalue weighted by atomic mass is 9.72. The van der Waals surface area contributed by atoms with Crippen LogP contribution in [0.4, 0.5) is 5.00 Å². The summed E-state index contributed by atoms with van der Waals surface area (Å²) in [7, 11) is 0. The van der Waals surface area contributed by atoms with Gasteiger partial charge in [0.25, 0.3) is 0 Å². The summed E-state index contributed by atoms with van der Waals surface area (Å²) in [5.74, 6) is 1.58. The van der Waals surface area contributed by atoms with Crippen LogP contribution in [0.15, 0.2) is 0 Å². The van der Waals surface area contributed by atoms with Gasteiger partial charge in [-0.05, 0) is 49.0 Å². The number of carbonyl (C=O) groups excluding carboxylic acids is 1. The van der Waals surface area contributed by atoms with Gasteiger partial charge >= 0.3 is 0 Å². The molecule has 27 heavy (non-hydrogen) atoms. The van der Waals surface area contributed by atoms with E-state index in [-0.39, 0.29) is 11.3 Å². The van der Waals surface area contributed by atoms with Crippen LogP contribution in [0, 0.1) is 22.7 Å². The van der Waals surface area contributed by atoms with Gasteiger partial charge in [-0.2, -0.15) is 17.0 Å². The van der Waals surface area contributed by atoms with E-state index < -0.39 is 0 Å². The van der Waals surface area contributed by atoms with Gasteiger partial charge < -0.3 is 5.32 Å². The molecule has 0 spiro atoms. The molecule has 0 aliphatic heterocycles. The number of anilines is 1. The van der Waals surface area contributed by atoms with Crippen LogP contribution in [0.3, 0.4) is 0 Å². The lowest BCUT2D eigenvalue weighted by molar-refractivity contribution is -0.115. The van der Waals surface area contributed by atoms with Crippen molar-refractivity contribution in [3.8, 4) is 6.07 Å². The van der Waals surface area contributed by atoms with Gasteiger partial charge in [0.15, 0.2) is 0 Å². The van der Waals surface area contributed by atoms with Crippen LogP contribution in [-0.4, -0.2) is 16.9 Å². The van der Waals surface area contributed by atoms with Gasteiger partial charge in [-0.25, -0.2) is 0 Å². The van der Waals surface area contributed by atoms with Gasteiger partial charge in [0.1, 0.15) is 11.1 Å². The van der Waals surface area contributed by atoms with Crippen LogP contribution < -0.4 is 5.32 Å². The molecule has 1 amide bonds. The Balaban J connectivity index is 1.58. The third-order valence-electron chi connectivity index (χ3n) is 6.09. The summed E-state index contributed by atoms with van der Waals surface area (Å²) in [6.45, 7) is 6.90. The highest BCUT2D eigenvalue weighted by atomic mass is 32.2. The minimum Gasteiger partial charge on any atom is -0.317 e. The second-order valence-electron chi connectivity index (χ2n) is 9.05. The largest absolute Gasteiger partial charge is 0.317 e. The van der Waals surface area contributed by atoms with Gasteiger partial charge in [0, 0.05) is 22.3 Å². The zero-order valence-corrected chi connectivity index (χ0v) is 18.5. The second kappa shape index (κ2) is 9.01. The number of hydrogen-bond donors (Lipinski definition) is 1. The van der Waals surface area contributed by atoms with Crippen LogP contribution in [0.1, 0.15) is 81.7 Å². The lowest BCUT2D eigenvalue weighted by Crippen LogP contribution is -2.26. The zero-order valence-electron chi connectivity index (χ0n) is 16.9. The van der Waals surface area contributed by atoms with Crippen molar-refractivity contribution in [2.75, 3.05) is 11.1 Å². The molecule has 3 nitrogen and oxygen atoms in total. The van der Waals surface area contributed by atoms with E-state index in [1.54, 1.807) is 11.3 Å². The maximum absolute atomic E-state index is 12.4. The number of amides is 1. The zero-order chi connectivity index (χ0) is 19.4. The molecule has 1 heterocycles. The topological polar surface area (TPSA) is 52.9 Å². The van der Waals surface area contributed by atoms with Gasteiger partial charge in [-0.3, -0.25) is 4.79 Å². The quantitative estimate of drug-likeness (QED) is 0.639. The first kappa shape index (κ1) is 20.7. The molecule has 1 unspecified atom stereocenters. The van der Waals surface area contributed by atoms with Crippen molar-refractivity contribution in [1.82, 2.24) is 0 Å². The van der Waals surface area contributed by atoms with E-state index in [0.29, 0.717) is 12.3 Å². The Hall–Kier alpha value is -0.990. The standard InChI is InChI=1S/C22H32N2OS2/c1-22(2,3)15-9-10-17-18(14-23)21(27-19(17)13-15)24-20(25)11-12-26-16-7-5-4-6-8-16/h15-16H,4-13H2,1-3H3,(H,24,25). The molecule has 1 aromatic rings. The second-order valence-corrected chi connectivity index (χ2v) is 11.6. The van der Waals surface area contributed by atoms with Crippen molar-refractivity contribution in [2.45, 2.75) is 83.8 Å². The number of fused-ring (bicyclic) bond motifs is 1. The van der Waals surface area contributed by atoms with E-state index >= 15 is 0 Å². The van der Waals surface area contributed by atoms with Gasteiger partial charge in [0.2, 0.25) is 5.91 Å². The minimum absolute atomic E-state index is 0.0563. The molecule has 148 valence electrons. The SMILES string of the molecule is CC(C)(C)C1CCc2c(sc(NC(=O)CCSC3CCCCC3)c2C#N)C1. The third kappa shape index (κ3) is 5.29. The minimum atomic E-state index is 0.0563. The third-order valence-corrected chi connectivity index (χ3v) is 8.64. The molecule has 1 aromatic heterocycles. The first-order chi connectivity index (χ1) is 12.9. The molecule has 1 saturated carbocycles. The van der Waals surface area contributed by atoms with Crippen molar-refractivity contribution in [3.63, 3.8) is 0 Å². The molecule has 0 saturated heterocycles. The predicted molar refractivity (Wildman–Crippen MR) is 117 cm³/mol. The van der Waals surface area contributed by atoms with E-state index in [0.717, 1.165) is 40.8 Å². The van der Waals surface area contributed by atoms with Crippen molar-refractivity contribution in [3.05, 3.63) is 16.0 Å². The molecule has 3 rings (SSSR count). The van der Waals surface area contributed by atoms with E-state index in [1.165, 1.54) is 42.5 Å². The van der Waals surface area contributed by atoms with Crippen molar-refractivity contribution in [1.29, 1.82) is 5.26 Å². The molecule has 0 aromatic carbocycles. The fraction of sp³-hybridized carbons (Fsp3) is 0.727. The molecular weight excluding hydrogens is 372 g/mol. The number of nitriles is 1. The Morgan fingerprint density at radius 1 is 1.26 bits per heavy atom. The summed E-state index contributed by atoms with van der Waals surface area (Å²) < 4.78 is 0. The highest BCUT2D eigenvalue weighted by Crippen LogP contribution is 2.44. The smallest absolute Gasteiger partial charge is 0.225 e. The van der Waals surface area contributed by atoms with Crippen molar-refractivity contribution < 1.29 is 4.79 Å². The van der Waals surface area contributed by atoms with Crippen LogP contribution >= 0.6 is 23.1 Å². The average Bonchev–Trinajstić information content (AvgIpc) is 2.97. The fourth-order valence-corrected chi connectivity index (χ4v) is 6.87. The molecular formula is C22H32N2OS2. The molecule has 1 fully saturated rings. The highest BCUT2D eigenvalue weighted by molar-refractivity contribution is 7.99. The Kier molecular flexibility index (Phi) is 6.92. The van der Waals surface area contributed by atoms with Crippen LogP contribution in [0.2, 0.25) is 0 Å². The highest BCUT2D eigenvalue weighted by Gasteiger charge is 2.32. The Morgan fingerprint density at radius 3 is 2.67 bits per heavy atom. The number of carbonyl (C=O) groups is 1. The number of nitrogens with zero attached hydrogens (tertiary/aromatic N) is 1. The summed E-state index contributed by atoms with van der Waals surface area (Å²) in [5.41, 5.74) is 2.19. The van der Waals surface area contributed by atoms with Crippen LogP contribution in [-0.2, 0) is 17.6 Å². The van der Waals surface area contributed by atoms with Gasteiger partial charge in [-0.1, -0.05) is 40.0 Å². The average molecular weight is 405 g/mol. The normalized spacial score (nSPS) is 20.7. The number of rotatable bonds is 5. The lowest BCUT2D eigenvalue weighted by Gasteiger charge is -2.33. The first-order valence-corrected chi connectivity index (χ1v) is 12.2. The van der Waals surface area contributed by atoms with E-state index in [9.17, 15) is 10.1 Å². The summed E-state index contributed by atoms with van der Waals surface area (Å²) in [5, 5.41) is 14.2. The van der Waals surface area contributed by atoms with Crippen LogP contribution in [0.5, 0.6) is 0 Å². The maximum atomic E-state index is 12.4. The molecule has 0 radical (unpaired) electrons. The summed E-state index contributed by atoms with van der Waals surface area (Å²) >= 11 is 3.59. The maximum Gasteiger partial charge on any atom is 0.225 e. The predicted octanol–water partition coefficient (Wildman–Crippen LogP) is 6.17. The molecule has 0 bridgehead atoms. The molecule has 2 aliphatic carbocycles. The monoisotopic (exact) mass is 404 g/mol. The summed E-state index contributed by atoms with van der Waals surface area (Å²) in [6.07, 6.45) is 10.3.